The largest absolute Gasteiger partial charge is 0.507 e. The fourth-order valence-electron chi connectivity index (χ4n) is 15.2. The second-order valence-corrected chi connectivity index (χ2v) is 33.9. The Hall–Kier alpha value is -11.4. The number of phenols is 6. The van der Waals surface area contributed by atoms with Gasteiger partial charge in [0.2, 0.25) is 0 Å². The van der Waals surface area contributed by atoms with Crippen LogP contribution in [0.25, 0.3) is 0 Å². The molecule has 0 aliphatic carbocycles. The number of unbranched alkanes of at least 4 members (excludes halogenated alkanes) is 34. The van der Waals surface area contributed by atoms with Crippen LogP contribution in [0.1, 0.15) is 394 Å². The number of benzene rings is 9. The zero-order chi connectivity index (χ0) is 93.3. The Bertz CT molecular complexity index is 4580. The van der Waals surface area contributed by atoms with Crippen molar-refractivity contribution in [2.45, 2.75) is 298 Å². The maximum absolute atomic E-state index is 13.3. The number of carbonyl (C=O) groups is 6. The van der Waals surface area contributed by atoms with Crippen molar-refractivity contribution >= 4 is 34.7 Å². The van der Waals surface area contributed by atoms with Crippen LogP contribution in [0.5, 0.6) is 69.0 Å². The molecule has 130 heavy (non-hydrogen) atoms. The van der Waals surface area contributed by atoms with Gasteiger partial charge in [0, 0.05) is 69.8 Å². The van der Waals surface area contributed by atoms with Crippen LogP contribution in [0.15, 0.2) is 182 Å². The number of hydrogen-bond donors (Lipinski definition) is 6. The van der Waals surface area contributed by atoms with Crippen LogP contribution < -0.4 is 28.4 Å². The molecule has 702 valence electrons. The summed E-state index contributed by atoms with van der Waals surface area (Å²) in [6.45, 7) is 16.5. The van der Waals surface area contributed by atoms with Crippen LogP contribution in [0.3, 0.4) is 0 Å². The first-order chi connectivity index (χ1) is 63.3. The summed E-state index contributed by atoms with van der Waals surface area (Å²) < 4.78 is 34.5. The summed E-state index contributed by atoms with van der Waals surface area (Å²) >= 11 is 0. The molecule has 0 aromatic heterocycles. The molecule has 18 heteroatoms. The van der Waals surface area contributed by atoms with Gasteiger partial charge in [0.05, 0.1) is 73.0 Å². The molecule has 0 atom stereocenters. The third kappa shape index (κ3) is 38.0. The second kappa shape index (κ2) is 62.0. The number of rotatable bonds is 64. The van der Waals surface area contributed by atoms with Crippen molar-refractivity contribution in [3.05, 3.63) is 249 Å². The highest BCUT2D eigenvalue weighted by Crippen LogP contribution is 2.35. The van der Waals surface area contributed by atoms with E-state index in [0.29, 0.717) is 74.1 Å². The van der Waals surface area contributed by atoms with Crippen molar-refractivity contribution in [3.8, 4) is 69.0 Å². The molecule has 0 heterocycles. The smallest absolute Gasteiger partial charge is 0.196 e. The fraction of sp³-hybridized carbons (Fsp3) is 0.464. The first kappa shape index (κ1) is 106. The molecule has 0 aliphatic rings. The normalized spacial score (nSPS) is 10.9. The quantitative estimate of drug-likeness (QED) is 0.0153. The van der Waals surface area contributed by atoms with E-state index in [1.807, 2.05) is 0 Å². The van der Waals surface area contributed by atoms with Crippen LogP contribution in [0.2, 0.25) is 0 Å². The van der Waals surface area contributed by atoms with E-state index in [-0.39, 0.29) is 101 Å². The van der Waals surface area contributed by atoms with Gasteiger partial charge in [0.1, 0.15) is 69.0 Å². The van der Waals surface area contributed by atoms with E-state index in [2.05, 4.69) is 41.5 Å². The average Bonchev–Trinajstić information content (AvgIpc) is 0.813. The standard InChI is InChI=1S/C44H62O6.C36H46O6.C32H38O6/c1-3-5-7-9-11-13-15-17-19-21-30-49-37-26-28-39(41(45)33-37)43(47)35-24-23-25-36(32-35)44(48)40-29-27-38(34-42(40)46)50-31-22-20-18-16-14-12-10-8-6-4-2;1-3-5-7-9-11-13-22-41-29-18-20-31(33(37)25-29)35(39)27-16-15-17-28(24-27)36(40)32-21-19-30(26-34(32)38)42-23-14-12-10-8-6-4-2;1-3-5-7-9-18-37-25-14-16-27(29(33)21-25)31(35)23-12-11-13-24(20-23)32(36)28-17-15-26(22-30(28)34)38-19-10-8-6-4-2/h23-29,32-34,45-46H,3-22,30-31H2,1-2H3;15-21,24-26,37-38H,3-14,22-23H2,1-2H3;11-17,20-22,33-34H,3-10,18-19H2,1-2H3. The van der Waals surface area contributed by atoms with E-state index in [4.69, 9.17) is 28.4 Å². The molecule has 0 aliphatic heterocycles. The Balaban J connectivity index is 0.000000269. The predicted octanol–water partition coefficient (Wildman–Crippen LogP) is 28.7. The predicted molar refractivity (Wildman–Crippen MR) is 520 cm³/mol. The van der Waals surface area contributed by atoms with Gasteiger partial charge in [-0.2, -0.15) is 0 Å². The highest BCUT2D eigenvalue weighted by Gasteiger charge is 2.24. The average molecular weight is 1780 g/mol. The second-order valence-electron chi connectivity index (χ2n) is 33.9. The molecule has 0 radical (unpaired) electrons. The summed E-state index contributed by atoms with van der Waals surface area (Å²) in [6.07, 6.45) is 47.5. The molecule has 0 saturated carbocycles. The van der Waals surface area contributed by atoms with Crippen LogP contribution in [-0.4, -0.2) is 105 Å². The van der Waals surface area contributed by atoms with Crippen molar-refractivity contribution < 1.29 is 87.8 Å². The van der Waals surface area contributed by atoms with Gasteiger partial charge in [-0.05, 0) is 130 Å². The number of phenolic OH excluding ortho intramolecular Hbond substituents is 6. The molecular formula is C112H146O18. The topological polar surface area (TPSA) is 279 Å². The Kier molecular flexibility index (Phi) is 50.4. The van der Waals surface area contributed by atoms with Gasteiger partial charge in [-0.15, -0.1) is 0 Å². The number of ether oxygens (including phenoxy) is 6. The Morgan fingerprint density at radius 2 is 0.308 bits per heavy atom. The molecule has 9 aromatic rings. The van der Waals surface area contributed by atoms with Gasteiger partial charge in [-0.1, -0.05) is 314 Å². The molecule has 0 bridgehead atoms. The van der Waals surface area contributed by atoms with Gasteiger partial charge in [0.15, 0.2) is 34.7 Å². The third-order valence-corrected chi connectivity index (χ3v) is 23.0. The molecule has 18 nitrogen and oxygen atoms in total. The lowest BCUT2D eigenvalue weighted by atomic mass is 9.96. The molecule has 9 aromatic carbocycles. The minimum Gasteiger partial charge on any atom is -0.507 e. The Morgan fingerprint density at radius 3 is 0.446 bits per heavy atom. The maximum atomic E-state index is 13.3. The molecular weight excluding hydrogens is 1630 g/mol. The summed E-state index contributed by atoms with van der Waals surface area (Å²) in [6, 6.07) is 46.9. The van der Waals surface area contributed by atoms with E-state index in [1.54, 1.807) is 115 Å². The van der Waals surface area contributed by atoms with Crippen LogP contribution in [0, 0.1) is 0 Å². The van der Waals surface area contributed by atoms with E-state index in [0.717, 1.165) is 103 Å². The molecule has 0 amide bonds. The van der Waals surface area contributed by atoms with Crippen molar-refractivity contribution in [1.82, 2.24) is 0 Å². The van der Waals surface area contributed by atoms with Crippen molar-refractivity contribution in [2.75, 3.05) is 39.6 Å². The Morgan fingerprint density at radius 1 is 0.177 bits per heavy atom. The van der Waals surface area contributed by atoms with Crippen LogP contribution in [0.4, 0.5) is 0 Å². The van der Waals surface area contributed by atoms with Crippen LogP contribution in [-0.2, 0) is 0 Å². The first-order valence-electron chi connectivity index (χ1n) is 48.7. The summed E-state index contributed by atoms with van der Waals surface area (Å²) in [4.78, 5) is 79.3. The molecule has 0 saturated heterocycles. The molecule has 9 rings (SSSR count). The van der Waals surface area contributed by atoms with E-state index in [1.165, 1.54) is 221 Å². The zero-order valence-electron chi connectivity index (χ0n) is 78.4. The van der Waals surface area contributed by atoms with Gasteiger partial charge in [-0.25, -0.2) is 0 Å². The minimum absolute atomic E-state index is 0.121. The van der Waals surface area contributed by atoms with Crippen molar-refractivity contribution in [2.24, 2.45) is 0 Å². The lowest BCUT2D eigenvalue weighted by Crippen LogP contribution is -2.07. The van der Waals surface area contributed by atoms with Gasteiger partial charge < -0.3 is 59.1 Å². The van der Waals surface area contributed by atoms with Crippen molar-refractivity contribution in [3.63, 3.8) is 0 Å². The highest BCUT2D eigenvalue weighted by atomic mass is 16.5. The van der Waals surface area contributed by atoms with Crippen LogP contribution >= 0.6 is 0 Å². The number of carbonyl (C=O) groups excluding carboxylic acids is 6. The first-order valence-corrected chi connectivity index (χ1v) is 48.7. The fourth-order valence-corrected chi connectivity index (χ4v) is 15.2. The van der Waals surface area contributed by atoms with E-state index < -0.39 is 34.7 Å². The summed E-state index contributed by atoms with van der Waals surface area (Å²) in [5, 5.41) is 63.4. The van der Waals surface area contributed by atoms with E-state index in [9.17, 15) is 59.4 Å². The third-order valence-electron chi connectivity index (χ3n) is 23.0. The Labute approximate surface area is 773 Å². The molecule has 0 spiro atoms. The number of ketones is 6. The summed E-state index contributed by atoms with van der Waals surface area (Å²) in [7, 11) is 0. The number of hydrogen-bond acceptors (Lipinski definition) is 18. The lowest BCUT2D eigenvalue weighted by molar-refractivity contribution is 0.102. The SMILES string of the molecule is CCCCCCCCCCCCOc1ccc(C(=O)c2cccc(C(=O)c3ccc(OCCCCCCCCCCCC)cc3O)c2)c(O)c1.CCCCCCCCOc1ccc(C(=O)c2cccc(C(=O)c3ccc(OCCCCCCCC)cc3O)c2)c(O)c1.CCCCCCOc1ccc(C(=O)c2cccc(C(=O)c3ccc(OCCCCCC)cc3O)c2)c(O)c1. The monoisotopic (exact) mass is 1780 g/mol. The summed E-state index contributed by atoms with van der Waals surface area (Å²) in [5.74, 6) is -0.437. The van der Waals surface area contributed by atoms with Gasteiger partial charge in [0.25, 0.3) is 0 Å². The maximum Gasteiger partial charge on any atom is 0.196 e. The molecule has 6 N–H and O–H groups in total. The van der Waals surface area contributed by atoms with Gasteiger partial charge in [-0.3, -0.25) is 28.8 Å². The molecule has 0 fully saturated rings. The zero-order valence-corrected chi connectivity index (χ0v) is 78.4. The lowest BCUT2D eigenvalue weighted by Gasteiger charge is -2.11. The summed E-state index contributed by atoms with van der Waals surface area (Å²) in [5.41, 5.74) is 2.32. The molecule has 0 unspecified atom stereocenters. The minimum atomic E-state index is -0.414. The number of aromatic hydroxyl groups is 6. The highest BCUT2D eigenvalue weighted by molar-refractivity contribution is 6.17. The van der Waals surface area contributed by atoms with E-state index >= 15 is 0 Å². The van der Waals surface area contributed by atoms with Crippen molar-refractivity contribution in [1.29, 1.82) is 0 Å². The van der Waals surface area contributed by atoms with Gasteiger partial charge >= 0.3 is 0 Å².